The van der Waals surface area contributed by atoms with Crippen LogP contribution < -0.4 is 10.2 Å². The Kier molecular flexibility index (Phi) is 4.08. The van der Waals surface area contributed by atoms with Crippen molar-refractivity contribution in [3.63, 3.8) is 0 Å². The topological polar surface area (TPSA) is 50.8 Å². The van der Waals surface area contributed by atoms with Crippen molar-refractivity contribution in [1.29, 1.82) is 0 Å². The minimum absolute atomic E-state index is 0.00315. The Morgan fingerprint density at radius 1 is 1.15 bits per heavy atom. The Bertz CT molecular complexity index is 707. The molecule has 2 saturated heterocycles. The molecular formula is C21H30N2O3. The molecule has 1 atom stereocenters. The lowest BCUT2D eigenvalue weighted by molar-refractivity contribution is -0.0690. The summed E-state index contributed by atoms with van der Waals surface area (Å²) in [6.07, 6.45) is 2.76. The summed E-state index contributed by atoms with van der Waals surface area (Å²) >= 11 is 0. The maximum absolute atomic E-state index is 13.2. The van der Waals surface area contributed by atoms with Crippen LogP contribution in [0.15, 0.2) is 24.3 Å². The van der Waals surface area contributed by atoms with Crippen LogP contribution in [0, 0.1) is 0 Å². The summed E-state index contributed by atoms with van der Waals surface area (Å²) in [4.78, 5) is 15.1. The van der Waals surface area contributed by atoms with Crippen LogP contribution in [0.25, 0.3) is 0 Å². The molecule has 2 fully saturated rings. The molecular weight excluding hydrogens is 328 g/mol. The third kappa shape index (κ3) is 2.91. The van der Waals surface area contributed by atoms with Crippen LogP contribution in [0.3, 0.4) is 0 Å². The quantitative estimate of drug-likeness (QED) is 0.834. The molecule has 1 spiro atoms. The van der Waals surface area contributed by atoms with Gasteiger partial charge < -0.3 is 14.8 Å². The Morgan fingerprint density at radius 2 is 1.85 bits per heavy atom. The molecule has 4 rings (SSSR count). The molecule has 0 radical (unpaired) electrons. The predicted octanol–water partition coefficient (Wildman–Crippen LogP) is 3.61. The molecule has 2 amide bonds. The lowest BCUT2D eigenvalue weighted by Gasteiger charge is -2.34. The molecule has 0 bridgehead atoms. The van der Waals surface area contributed by atoms with Gasteiger partial charge in [0.2, 0.25) is 0 Å². The van der Waals surface area contributed by atoms with Gasteiger partial charge in [0.25, 0.3) is 0 Å². The van der Waals surface area contributed by atoms with Crippen LogP contribution in [0.4, 0.5) is 10.5 Å². The summed E-state index contributed by atoms with van der Waals surface area (Å²) in [5.74, 6) is 0. The monoisotopic (exact) mass is 358 g/mol. The van der Waals surface area contributed by atoms with Crippen molar-refractivity contribution in [2.24, 2.45) is 0 Å². The zero-order valence-corrected chi connectivity index (χ0v) is 16.3. The number of ether oxygens (including phenoxy) is 2. The summed E-state index contributed by atoms with van der Waals surface area (Å²) in [7, 11) is 0. The van der Waals surface area contributed by atoms with E-state index in [1.54, 1.807) is 0 Å². The first-order chi connectivity index (χ1) is 12.2. The number of para-hydroxylation sites is 1. The summed E-state index contributed by atoms with van der Waals surface area (Å²) < 4.78 is 11.7. The summed E-state index contributed by atoms with van der Waals surface area (Å²) in [5, 5.41) is 3.26. The van der Waals surface area contributed by atoms with Crippen molar-refractivity contribution in [3.8, 4) is 0 Å². The fraction of sp³-hybridized carbons (Fsp3) is 0.667. The van der Waals surface area contributed by atoms with Gasteiger partial charge in [-0.1, -0.05) is 18.2 Å². The second-order valence-corrected chi connectivity index (χ2v) is 9.17. The van der Waals surface area contributed by atoms with E-state index in [0.717, 1.165) is 44.7 Å². The van der Waals surface area contributed by atoms with E-state index in [1.807, 2.05) is 11.0 Å². The van der Waals surface area contributed by atoms with E-state index in [4.69, 9.17) is 9.47 Å². The highest BCUT2D eigenvalue weighted by molar-refractivity contribution is 5.95. The maximum Gasteiger partial charge on any atom is 0.322 e. The zero-order chi connectivity index (χ0) is 18.6. The number of carbonyl (C=O) groups excluding carboxylic acids is 1. The van der Waals surface area contributed by atoms with E-state index < -0.39 is 0 Å². The van der Waals surface area contributed by atoms with E-state index in [1.165, 1.54) is 5.56 Å². The van der Waals surface area contributed by atoms with Crippen LogP contribution in [-0.4, -0.2) is 43.0 Å². The van der Waals surface area contributed by atoms with Crippen LogP contribution in [-0.2, 0) is 14.9 Å². The van der Waals surface area contributed by atoms with Crippen molar-refractivity contribution in [1.82, 2.24) is 5.32 Å². The molecule has 3 aliphatic heterocycles. The van der Waals surface area contributed by atoms with E-state index in [0.29, 0.717) is 0 Å². The molecule has 1 N–H and O–H groups in total. The Labute approximate surface area is 156 Å². The van der Waals surface area contributed by atoms with Gasteiger partial charge in [-0.15, -0.1) is 0 Å². The summed E-state index contributed by atoms with van der Waals surface area (Å²) in [6, 6.07) is 8.33. The van der Waals surface area contributed by atoms with E-state index in [-0.39, 0.29) is 28.7 Å². The van der Waals surface area contributed by atoms with Gasteiger partial charge in [0, 0.05) is 30.9 Å². The number of fused-ring (bicyclic) bond motifs is 2. The summed E-state index contributed by atoms with van der Waals surface area (Å²) in [5.41, 5.74) is 1.79. The molecule has 26 heavy (non-hydrogen) atoms. The second kappa shape index (κ2) is 5.96. The first-order valence-corrected chi connectivity index (χ1v) is 9.68. The minimum atomic E-state index is -0.366. The Morgan fingerprint density at radius 3 is 2.50 bits per heavy atom. The van der Waals surface area contributed by atoms with Crippen LogP contribution in [0.2, 0.25) is 0 Å². The standard InChI is InChI=1S/C21H30N2O3/c1-19(2)13-17(20(3,4)26-19)22-18(24)23-14-21(9-11-25-12-10-21)15-7-5-6-8-16(15)23/h5-8,17H,9-14H2,1-4H3,(H,22,24)/t17-/m0/s1. The maximum atomic E-state index is 13.2. The van der Waals surface area contributed by atoms with Gasteiger partial charge in [-0.3, -0.25) is 4.90 Å². The van der Waals surface area contributed by atoms with Crippen molar-refractivity contribution in [2.45, 2.75) is 69.6 Å². The molecule has 5 nitrogen and oxygen atoms in total. The molecule has 0 aromatic heterocycles. The Hall–Kier alpha value is -1.59. The smallest absolute Gasteiger partial charge is 0.322 e. The number of benzene rings is 1. The highest BCUT2D eigenvalue weighted by Crippen LogP contribution is 2.47. The van der Waals surface area contributed by atoms with Crippen molar-refractivity contribution in [3.05, 3.63) is 29.8 Å². The van der Waals surface area contributed by atoms with Gasteiger partial charge in [-0.05, 0) is 58.6 Å². The normalized spacial score (nSPS) is 28.2. The summed E-state index contributed by atoms with van der Waals surface area (Å²) in [6.45, 7) is 10.6. The van der Waals surface area contributed by atoms with E-state index >= 15 is 0 Å². The fourth-order valence-corrected chi connectivity index (χ4v) is 5.02. The van der Waals surface area contributed by atoms with Gasteiger partial charge in [-0.2, -0.15) is 0 Å². The SMILES string of the molecule is CC1(C)C[C@H](NC(=O)N2CC3(CCOCC3)c3ccccc32)C(C)(C)O1. The fourth-order valence-electron chi connectivity index (χ4n) is 5.02. The predicted molar refractivity (Wildman–Crippen MR) is 102 cm³/mol. The van der Waals surface area contributed by atoms with Crippen LogP contribution in [0.5, 0.6) is 0 Å². The number of carbonyl (C=O) groups is 1. The van der Waals surface area contributed by atoms with E-state index in [9.17, 15) is 4.79 Å². The van der Waals surface area contributed by atoms with Gasteiger partial charge in [-0.25, -0.2) is 4.79 Å². The average Bonchev–Trinajstić information content (AvgIpc) is 2.99. The van der Waals surface area contributed by atoms with Gasteiger partial charge in [0.05, 0.1) is 17.2 Å². The van der Waals surface area contributed by atoms with E-state index in [2.05, 4.69) is 51.2 Å². The number of amides is 2. The van der Waals surface area contributed by atoms with Crippen molar-refractivity contribution >= 4 is 11.7 Å². The van der Waals surface area contributed by atoms with Gasteiger partial charge in [0.1, 0.15) is 0 Å². The zero-order valence-electron chi connectivity index (χ0n) is 16.3. The molecule has 0 saturated carbocycles. The third-order valence-electron chi connectivity index (χ3n) is 6.29. The van der Waals surface area contributed by atoms with Gasteiger partial charge >= 0.3 is 6.03 Å². The molecule has 3 heterocycles. The number of urea groups is 1. The van der Waals surface area contributed by atoms with Crippen molar-refractivity contribution in [2.75, 3.05) is 24.7 Å². The van der Waals surface area contributed by atoms with Crippen LogP contribution in [0.1, 0.15) is 52.5 Å². The molecule has 5 heteroatoms. The lowest BCUT2D eigenvalue weighted by Crippen LogP contribution is -2.52. The number of rotatable bonds is 1. The molecule has 0 unspecified atom stereocenters. The first-order valence-electron chi connectivity index (χ1n) is 9.68. The van der Waals surface area contributed by atoms with Crippen molar-refractivity contribution < 1.29 is 14.3 Å². The second-order valence-electron chi connectivity index (χ2n) is 9.17. The average molecular weight is 358 g/mol. The highest BCUT2D eigenvalue weighted by atomic mass is 16.5. The molecule has 1 aromatic carbocycles. The number of hydrogen-bond acceptors (Lipinski definition) is 3. The van der Waals surface area contributed by atoms with Gasteiger partial charge in [0.15, 0.2) is 0 Å². The number of hydrogen-bond donors (Lipinski definition) is 1. The Balaban J connectivity index is 1.57. The number of nitrogens with zero attached hydrogens (tertiary/aromatic N) is 1. The lowest BCUT2D eigenvalue weighted by atomic mass is 9.76. The molecule has 142 valence electrons. The largest absolute Gasteiger partial charge is 0.381 e. The molecule has 3 aliphatic rings. The first kappa shape index (κ1) is 17.8. The number of anilines is 1. The molecule has 0 aliphatic carbocycles. The number of nitrogens with one attached hydrogen (secondary N) is 1. The third-order valence-corrected chi connectivity index (χ3v) is 6.29. The molecule has 1 aromatic rings. The minimum Gasteiger partial charge on any atom is -0.381 e. The highest BCUT2D eigenvalue weighted by Gasteiger charge is 2.49. The van der Waals surface area contributed by atoms with Crippen LogP contribution >= 0.6 is 0 Å².